The minimum absolute atomic E-state index is 0.116. The van der Waals surface area contributed by atoms with Gasteiger partial charge < -0.3 is 15.2 Å². The van der Waals surface area contributed by atoms with Crippen molar-refractivity contribution in [1.82, 2.24) is 24.2 Å². The number of nitriles is 1. The first-order chi connectivity index (χ1) is 19.2. The molecule has 0 atom stereocenters. The van der Waals surface area contributed by atoms with Crippen molar-refractivity contribution in [3.8, 4) is 17.2 Å². The Morgan fingerprint density at radius 1 is 1.07 bits per heavy atom. The molecule has 11 heteroatoms. The molecule has 206 valence electrons. The predicted molar refractivity (Wildman–Crippen MR) is 153 cm³/mol. The lowest BCUT2D eigenvalue weighted by Crippen LogP contribution is -2.42. The van der Waals surface area contributed by atoms with E-state index in [2.05, 4.69) is 26.7 Å². The topological polar surface area (TPSA) is 133 Å². The molecule has 4 heterocycles. The minimum Gasteiger partial charge on any atom is -0.367 e. The molecule has 0 spiro atoms. The second-order valence-corrected chi connectivity index (χ2v) is 11.9. The highest BCUT2D eigenvalue weighted by molar-refractivity contribution is 7.89. The molecule has 1 saturated heterocycles. The smallest absolute Gasteiger partial charge is 0.243 e. The molecule has 4 aromatic rings. The van der Waals surface area contributed by atoms with Crippen LogP contribution in [0.25, 0.3) is 22.2 Å². The monoisotopic (exact) mass is 557 g/mol. The number of fused-ring (bicyclic) bond motifs is 1. The maximum absolute atomic E-state index is 13.3. The van der Waals surface area contributed by atoms with Gasteiger partial charge in [-0.2, -0.15) is 9.57 Å². The van der Waals surface area contributed by atoms with Gasteiger partial charge in [0, 0.05) is 68.7 Å². The SMILES string of the molecule is CC(=O)NCCn1cc(C#N)c2cc(-c3ccc(S(=O)(=O)N4CCC(Nc5ccc(C)cn5)CC4)cc3)cnc21. The van der Waals surface area contributed by atoms with Crippen LogP contribution in [0, 0.1) is 18.3 Å². The number of hydrogen-bond donors (Lipinski definition) is 2. The van der Waals surface area contributed by atoms with E-state index >= 15 is 0 Å². The number of nitrogens with one attached hydrogen (secondary N) is 2. The second kappa shape index (κ2) is 11.5. The van der Waals surface area contributed by atoms with Gasteiger partial charge in [0.05, 0.1) is 10.5 Å². The normalized spacial score (nSPS) is 14.6. The summed E-state index contributed by atoms with van der Waals surface area (Å²) in [6.45, 7) is 5.24. The Kier molecular flexibility index (Phi) is 7.82. The Morgan fingerprint density at radius 3 is 2.48 bits per heavy atom. The standard InChI is InChI=1S/C29H31N7O3S/c1-20-3-8-28(32-17-20)34-25-9-12-36(13-10-25)40(38,39)26-6-4-22(5-7-26)23-15-27-24(16-30)19-35(29(27)33-18-23)14-11-31-21(2)37/h3-8,15,17-19,25H,9-14H2,1-2H3,(H,31,37)(H,32,34). The molecular weight excluding hydrogens is 526 g/mol. The summed E-state index contributed by atoms with van der Waals surface area (Å²) in [5, 5.41) is 16.5. The van der Waals surface area contributed by atoms with Crippen LogP contribution in [0.2, 0.25) is 0 Å². The molecule has 1 aromatic carbocycles. The highest BCUT2D eigenvalue weighted by Gasteiger charge is 2.29. The van der Waals surface area contributed by atoms with Crippen LogP contribution >= 0.6 is 0 Å². The van der Waals surface area contributed by atoms with Gasteiger partial charge in [-0.1, -0.05) is 18.2 Å². The van der Waals surface area contributed by atoms with Crippen LogP contribution in [0.4, 0.5) is 5.82 Å². The highest BCUT2D eigenvalue weighted by Crippen LogP contribution is 2.28. The Bertz CT molecular complexity index is 1670. The number of sulfonamides is 1. The molecule has 5 rings (SSSR count). The number of carbonyl (C=O) groups is 1. The number of carbonyl (C=O) groups excluding carboxylic acids is 1. The number of piperidine rings is 1. The minimum atomic E-state index is -3.62. The molecule has 0 unspecified atom stereocenters. The number of aryl methyl sites for hydroxylation is 1. The third-order valence-corrected chi connectivity index (χ3v) is 9.02. The molecule has 40 heavy (non-hydrogen) atoms. The number of hydrogen-bond acceptors (Lipinski definition) is 7. The molecule has 0 saturated carbocycles. The van der Waals surface area contributed by atoms with Gasteiger partial charge in [-0.25, -0.2) is 18.4 Å². The summed E-state index contributed by atoms with van der Waals surface area (Å²) in [5.41, 5.74) is 3.82. The van der Waals surface area contributed by atoms with E-state index in [1.165, 1.54) is 6.92 Å². The van der Waals surface area contributed by atoms with Gasteiger partial charge in [-0.3, -0.25) is 4.79 Å². The number of benzene rings is 1. The third-order valence-electron chi connectivity index (χ3n) is 7.10. The molecule has 0 aliphatic carbocycles. The Morgan fingerprint density at radius 2 is 1.82 bits per heavy atom. The quantitative estimate of drug-likeness (QED) is 0.338. The van der Waals surface area contributed by atoms with E-state index in [1.54, 1.807) is 41.0 Å². The van der Waals surface area contributed by atoms with Gasteiger partial charge >= 0.3 is 0 Å². The van der Waals surface area contributed by atoms with Crippen molar-refractivity contribution in [3.63, 3.8) is 0 Å². The number of nitrogens with zero attached hydrogens (tertiary/aromatic N) is 5. The van der Waals surface area contributed by atoms with E-state index in [0.29, 0.717) is 55.6 Å². The lowest BCUT2D eigenvalue weighted by Gasteiger charge is -2.32. The first-order valence-corrected chi connectivity index (χ1v) is 14.6. The molecule has 2 N–H and O–H groups in total. The zero-order valence-electron chi connectivity index (χ0n) is 22.5. The fraction of sp³-hybridized carbons (Fsp3) is 0.310. The number of rotatable bonds is 8. The van der Waals surface area contributed by atoms with E-state index in [0.717, 1.165) is 22.5 Å². The number of pyridine rings is 2. The third kappa shape index (κ3) is 5.83. The van der Waals surface area contributed by atoms with Crippen LogP contribution in [0.3, 0.4) is 0 Å². The van der Waals surface area contributed by atoms with Gasteiger partial charge in [0.1, 0.15) is 17.5 Å². The Balaban J connectivity index is 1.27. The van der Waals surface area contributed by atoms with Crippen molar-refractivity contribution < 1.29 is 13.2 Å². The molecule has 1 aliphatic heterocycles. The van der Waals surface area contributed by atoms with E-state index in [-0.39, 0.29) is 16.8 Å². The van der Waals surface area contributed by atoms with Crippen molar-refractivity contribution in [1.29, 1.82) is 5.26 Å². The average Bonchev–Trinajstić information content (AvgIpc) is 3.31. The van der Waals surface area contributed by atoms with Gasteiger partial charge in [0.15, 0.2) is 0 Å². The lowest BCUT2D eigenvalue weighted by atomic mass is 10.1. The largest absolute Gasteiger partial charge is 0.367 e. The summed E-state index contributed by atoms with van der Waals surface area (Å²) in [6.07, 6.45) is 6.65. The molecule has 0 radical (unpaired) electrons. The summed E-state index contributed by atoms with van der Waals surface area (Å²) in [4.78, 5) is 20.4. The summed E-state index contributed by atoms with van der Waals surface area (Å²) in [6, 6.07) is 15.0. The summed E-state index contributed by atoms with van der Waals surface area (Å²) >= 11 is 0. The first-order valence-electron chi connectivity index (χ1n) is 13.2. The fourth-order valence-electron chi connectivity index (χ4n) is 4.91. The van der Waals surface area contributed by atoms with E-state index < -0.39 is 10.0 Å². The maximum atomic E-state index is 13.3. The molecule has 10 nitrogen and oxygen atoms in total. The van der Waals surface area contributed by atoms with Crippen molar-refractivity contribution in [2.75, 3.05) is 25.0 Å². The number of aromatic nitrogens is 3. The Hall–Kier alpha value is -4.27. The average molecular weight is 558 g/mol. The van der Waals surface area contributed by atoms with Gasteiger partial charge in [-0.15, -0.1) is 0 Å². The van der Waals surface area contributed by atoms with Crippen LogP contribution in [0.5, 0.6) is 0 Å². The van der Waals surface area contributed by atoms with Crippen molar-refractivity contribution in [2.24, 2.45) is 0 Å². The summed E-state index contributed by atoms with van der Waals surface area (Å²) in [5.74, 6) is 0.688. The Labute approximate surface area is 233 Å². The van der Waals surface area contributed by atoms with Crippen LogP contribution < -0.4 is 10.6 Å². The molecular formula is C29H31N7O3S. The predicted octanol–water partition coefficient (Wildman–Crippen LogP) is 3.68. The van der Waals surface area contributed by atoms with Crippen molar-refractivity contribution in [2.45, 2.75) is 44.2 Å². The van der Waals surface area contributed by atoms with Crippen molar-refractivity contribution >= 4 is 32.8 Å². The van der Waals surface area contributed by atoms with Crippen LogP contribution in [-0.4, -0.2) is 58.8 Å². The van der Waals surface area contributed by atoms with Crippen LogP contribution in [-0.2, 0) is 21.4 Å². The number of anilines is 1. The van der Waals surface area contributed by atoms with E-state index in [1.807, 2.05) is 35.9 Å². The van der Waals surface area contributed by atoms with Gasteiger partial charge in [-0.05, 0) is 55.2 Å². The second-order valence-electron chi connectivity index (χ2n) is 9.99. The van der Waals surface area contributed by atoms with Gasteiger partial charge in [0.2, 0.25) is 15.9 Å². The zero-order valence-corrected chi connectivity index (χ0v) is 23.3. The lowest BCUT2D eigenvalue weighted by molar-refractivity contribution is -0.118. The summed E-state index contributed by atoms with van der Waals surface area (Å²) < 4.78 is 30.1. The maximum Gasteiger partial charge on any atom is 0.243 e. The van der Waals surface area contributed by atoms with E-state index in [9.17, 15) is 18.5 Å². The molecule has 0 bridgehead atoms. The highest BCUT2D eigenvalue weighted by atomic mass is 32.2. The first kappa shape index (κ1) is 27.3. The van der Waals surface area contributed by atoms with Gasteiger partial charge in [0.25, 0.3) is 0 Å². The molecule has 1 aliphatic rings. The number of amides is 1. The van der Waals surface area contributed by atoms with E-state index in [4.69, 9.17) is 0 Å². The molecule has 1 amide bonds. The van der Waals surface area contributed by atoms with Crippen LogP contribution in [0.1, 0.15) is 30.9 Å². The molecule has 1 fully saturated rings. The molecule has 3 aromatic heterocycles. The van der Waals surface area contributed by atoms with Crippen molar-refractivity contribution in [3.05, 3.63) is 72.2 Å². The van der Waals surface area contributed by atoms with Crippen LogP contribution in [0.15, 0.2) is 66.0 Å². The summed E-state index contributed by atoms with van der Waals surface area (Å²) in [7, 11) is -3.62. The fourth-order valence-corrected chi connectivity index (χ4v) is 6.38. The zero-order chi connectivity index (χ0) is 28.3.